The van der Waals surface area contributed by atoms with Crippen molar-refractivity contribution in [3.05, 3.63) is 29.8 Å². The van der Waals surface area contributed by atoms with Gasteiger partial charge in [0.1, 0.15) is 0 Å². The summed E-state index contributed by atoms with van der Waals surface area (Å²) < 4.78 is 26.1. The van der Waals surface area contributed by atoms with E-state index in [0.717, 1.165) is 5.56 Å². The van der Waals surface area contributed by atoms with E-state index in [2.05, 4.69) is 15.9 Å². The van der Waals surface area contributed by atoms with Crippen molar-refractivity contribution in [1.29, 1.82) is 0 Å². The van der Waals surface area contributed by atoms with E-state index in [0.29, 0.717) is 29.6 Å². The highest BCUT2D eigenvalue weighted by atomic mass is 79.9. The molecular weight excluding hydrogens is 330 g/mol. The molecule has 1 aromatic carbocycles. The van der Waals surface area contributed by atoms with Crippen LogP contribution in [0.25, 0.3) is 0 Å². The monoisotopic (exact) mass is 347 g/mol. The van der Waals surface area contributed by atoms with Crippen LogP contribution in [0.1, 0.15) is 18.4 Å². The standard InChI is InChI=1S/C13H18BrNO3S/c1-15(9-11-6-12(16)7-11)19(17,18)13-4-2-10(8-14)3-5-13/h2-5,11-12,16H,6-9H2,1H3. The Morgan fingerprint density at radius 1 is 1.32 bits per heavy atom. The molecule has 0 unspecified atom stereocenters. The molecule has 0 aliphatic heterocycles. The van der Waals surface area contributed by atoms with Gasteiger partial charge in [0.15, 0.2) is 0 Å². The molecule has 0 bridgehead atoms. The highest BCUT2D eigenvalue weighted by Crippen LogP contribution is 2.29. The summed E-state index contributed by atoms with van der Waals surface area (Å²) in [4.78, 5) is 0.319. The number of alkyl halides is 1. The minimum atomic E-state index is -3.42. The normalized spacial score (nSPS) is 23.4. The lowest BCUT2D eigenvalue weighted by Gasteiger charge is -2.34. The van der Waals surface area contributed by atoms with Gasteiger partial charge in [0.2, 0.25) is 10.0 Å². The zero-order valence-corrected chi connectivity index (χ0v) is 13.2. The van der Waals surface area contributed by atoms with Gasteiger partial charge in [-0.15, -0.1) is 0 Å². The maximum atomic E-state index is 12.3. The molecule has 1 saturated carbocycles. The molecule has 0 amide bonds. The van der Waals surface area contributed by atoms with Crippen molar-refractivity contribution >= 4 is 26.0 Å². The summed E-state index contributed by atoms with van der Waals surface area (Å²) >= 11 is 3.33. The van der Waals surface area contributed by atoms with Gasteiger partial charge in [0.05, 0.1) is 11.0 Å². The molecule has 4 nitrogen and oxygen atoms in total. The summed E-state index contributed by atoms with van der Waals surface area (Å²) in [6.07, 6.45) is 1.14. The largest absolute Gasteiger partial charge is 0.393 e. The fraction of sp³-hybridized carbons (Fsp3) is 0.538. The van der Waals surface area contributed by atoms with Crippen molar-refractivity contribution < 1.29 is 13.5 Å². The Balaban J connectivity index is 2.07. The highest BCUT2D eigenvalue weighted by molar-refractivity contribution is 9.08. The molecule has 2 rings (SSSR count). The molecule has 0 aromatic heterocycles. The molecular formula is C13H18BrNO3S. The molecule has 0 saturated heterocycles. The predicted octanol–water partition coefficient (Wildman–Crippen LogP) is 1.97. The van der Waals surface area contributed by atoms with Gasteiger partial charge >= 0.3 is 0 Å². The number of hydrogen-bond donors (Lipinski definition) is 1. The molecule has 0 spiro atoms. The Bertz CT molecular complexity index is 523. The number of nitrogens with zero attached hydrogens (tertiary/aromatic N) is 1. The van der Waals surface area contributed by atoms with E-state index in [4.69, 9.17) is 0 Å². The maximum Gasteiger partial charge on any atom is 0.242 e. The SMILES string of the molecule is CN(CC1CC(O)C1)S(=O)(=O)c1ccc(CBr)cc1. The summed E-state index contributed by atoms with van der Waals surface area (Å²) in [6.45, 7) is 0.472. The number of benzene rings is 1. The van der Waals surface area contributed by atoms with Gasteiger partial charge < -0.3 is 5.11 Å². The average molecular weight is 348 g/mol. The van der Waals surface area contributed by atoms with Crippen LogP contribution in [-0.2, 0) is 15.4 Å². The van der Waals surface area contributed by atoms with Crippen molar-refractivity contribution in [2.75, 3.05) is 13.6 Å². The lowest BCUT2D eigenvalue weighted by molar-refractivity contribution is 0.0367. The van der Waals surface area contributed by atoms with E-state index in [1.165, 1.54) is 4.31 Å². The van der Waals surface area contributed by atoms with Crippen LogP contribution in [0.3, 0.4) is 0 Å². The number of hydrogen-bond acceptors (Lipinski definition) is 3. The average Bonchev–Trinajstić information content (AvgIpc) is 2.36. The summed E-state index contributed by atoms with van der Waals surface area (Å²) in [7, 11) is -1.82. The van der Waals surface area contributed by atoms with Crippen LogP contribution in [0.2, 0.25) is 0 Å². The molecule has 1 fully saturated rings. The number of sulfonamides is 1. The topological polar surface area (TPSA) is 57.6 Å². The van der Waals surface area contributed by atoms with E-state index < -0.39 is 10.0 Å². The summed E-state index contributed by atoms with van der Waals surface area (Å²) in [5.74, 6) is 0.275. The van der Waals surface area contributed by atoms with E-state index in [1.807, 2.05) is 12.1 Å². The Kier molecular flexibility index (Phi) is 4.66. The lowest BCUT2D eigenvalue weighted by Crippen LogP contribution is -2.39. The first-order chi connectivity index (χ1) is 8.93. The molecule has 106 valence electrons. The number of rotatable bonds is 5. The molecule has 6 heteroatoms. The van der Waals surface area contributed by atoms with Gasteiger partial charge in [-0.2, -0.15) is 0 Å². The van der Waals surface area contributed by atoms with Crippen molar-refractivity contribution in [3.63, 3.8) is 0 Å². The maximum absolute atomic E-state index is 12.3. The molecule has 1 N–H and O–H groups in total. The van der Waals surface area contributed by atoms with Gasteiger partial charge in [-0.3, -0.25) is 0 Å². The predicted molar refractivity (Wildman–Crippen MR) is 77.6 cm³/mol. The molecule has 0 atom stereocenters. The van der Waals surface area contributed by atoms with Crippen LogP contribution in [-0.4, -0.2) is 37.5 Å². The fourth-order valence-electron chi connectivity index (χ4n) is 2.24. The van der Waals surface area contributed by atoms with Gasteiger partial charge in [-0.25, -0.2) is 12.7 Å². The van der Waals surface area contributed by atoms with Crippen LogP contribution >= 0.6 is 15.9 Å². The number of aliphatic hydroxyl groups is 1. The van der Waals surface area contributed by atoms with Gasteiger partial charge in [0, 0.05) is 18.9 Å². The summed E-state index contributed by atoms with van der Waals surface area (Å²) in [5, 5.41) is 9.95. The van der Waals surface area contributed by atoms with Crippen LogP contribution in [0, 0.1) is 5.92 Å². The number of halogens is 1. The first kappa shape index (κ1) is 15.0. The summed E-state index contributed by atoms with van der Waals surface area (Å²) in [5.41, 5.74) is 1.05. The van der Waals surface area contributed by atoms with E-state index in [1.54, 1.807) is 19.2 Å². The van der Waals surface area contributed by atoms with Gasteiger partial charge in [0.25, 0.3) is 0 Å². The third-order valence-corrected chi connectivity index (χ3v) is 6.00. The molecule has 0 heterocycles. The Labute approximate surface area is 122 Å². The fourth-order valence-corrected chi connectivity index (χ4v) is 3.86. The molecule has 1 aromatic rings. The Morgan fingerprint density at radius 2 is 1.89 bits per heavy atom. The van der Waals surface area contributed by atoms with Crippen molar-refractivity contribution in [2.24, 2.45) is 5.92 Å². The van der Waals surface area contributed by atoms with Crippen molar-refractivity contribution in [2.45, 2.75) is 29.2 Å². The van der Waals surface area contributed by atoms with Crippen molar-refractivity contribution in [1.82, 2.24) is 4.31 Å². The zero-order valence-electron chi connectivity index (χ0n) is 10.8. The minimum Gasteiger partial charge on any atom is -0.393 e. The first-order valence-corrected chi connectivity index (χ1v) is 8.79. The van der Waals surface area contributed by atoms with E-state index in [9.17, 15) is 13.5 Å². The second-order valence-electron chi connectivity index (χ2n) is 5.05. The third-order valence-electron chi connectivity index (χ3n) is 3.51. The zero-order chi connectivity index (χ0) is 14.0. The second kappa shape index (κ2) is 5.91. The molecule has 0 radical (unpaired) electrons. The summed E-state index contributed by atoms with van der Waals surface area (Å²) in [6, 6.07) is 6.89. The molecule has 19 heavy (non-hydrogen) atoms. The quantitative estimate of drug-likeness (QED) is 0.828. The van der Waals surface area contributed by atoms with Crippen molar-refractivity contribution in [3.8, 4) is 0 Å². The number of aliphatic hydroxyl groups excluding tert-OH is 1. The first-order valence-electron chi connectivity index (χ1n) is 6.23. The molecule has 1 aliphatic carbocycles. The lowest BCUT2D eigenvalue weighted by atomic mass is 9.82. The molecule has 1 aliphatic rings. The van der Waals surface area contributed by atoms with E-state index in [-0.39, 0.29) is 12.0 Å². The highest BCUT2D eigenvalue weighted by Gasteiger charge is 2.31. The minimum absolute atomic E-state index is 0.251. The Morgan fingerprint density at radius 3 is 2.37 bits per heavy atom. The Hall–Kier alpha value is -0.430. The van der Waals surface area contributed by atoms with Crippen LogP contribution in [0.15, 0.2) is 29.2 Å². The second-order valence-corrected chi connectivity index (χ2v) is 7.66. The van der Waals surface area contributed by atoms with Gasteiger partial charge in [-0.1, -0.05) is 28.1 Å². The smallest absolute Gasteiger partial charge is 0.242 e. The van der Waals surface area contributed by atoms with Gasteiger partial charge in [-0.05, 0) is 36.5 Å². The van der Waals surface area contributed by atoms with Crippen LogP contribution in [0.5, 0.6) is 0 Å². The van der Waals surface area contributed by atoms with Crippen LogP contribution in [0.4, 0.5) is 0 Å². The van der Waals surface area contributed by atoms with E-state index >= 15 is 0 Å². The third kappa shape index (κ3) is 3.37. The van der Waals surface area contributed by atoms with Crippen LogP contribution < -0.4 is 0 Å².